The van der Waals surface area contributed by atoms with Gasteiger partial charge in [0, 0.05) is 16.5 Å². The Kier molecular flexibility index (Phi) is 4.55. The lowest BCUT2D eigenvalue weighted by molar-refractivity contribution is 0.102. The SMILES string of the molecule is CC(C)(C)c1csc(NC(=O)c2ccc(-c3ccccc3)[nH]c2=O)n1. The molecule has 0 unspecified atom stereocenters. The fourth-order valence-corrected chi connectivity index (χ4v) is 3.21. The monoisotopic (exact) mass is 353 g/mol. The number of amides is 1. The van der Waals surface area contributed by atoms with Gasteiger partial charge in [-0.05, 0) is 17.7 Å². The first-order chi connectivity index (χ1) is 11.8. The first kappa shape index (κ1) is 17.1. The molecule has 0 saturated heterocycles. The lowest BCUT2D eigenvalue weighted by atomic mass is 9.93. The van der Waals surface area contributed by atoms with Crippen molar-refractivity contribution in [3.05, 3.63) is 69.5 Å². The molecule has 0 aliphatic rings. The number of hydrogen-bond acceptors (Lipinski definition) is 4. The smallest absolute Gasteiger partial charge is 0.263 e. The number of carbonyl (C=O) groups excluding carboxylic acids is 1. The summed E-state index contributed by atoms with van der Waals surface area (Å²) in [5.74, 6) is -0.462. The van der Waals surface area contributed by atoms with Crippen molar-refractivity contribution in [2.45, 2.75) is 26.2 Å². The van der Waals surface area contributed by atoms with Crippen LogP contribution in [0.15, 0.2) is 52.6 Å². The van der Waals surface area contributed by atoms with E-state index in [1.807, 2.05) is 35.7 Å². The number of rotatable bonds is 3. The van der Waals surface area contributed by atoms with Crippen LogP contribution in [0.25, 0.3) is 11.3 Å². The zero-order chi connectivity index (χ0) is 18.0. The van der Waals surface area contributed by atoms with Crippen LogP contribution in [0.2, 0.25) is 0 Å². The minimum absolute atomic E-state index is 0.0622. The largest absolute Gasteiger partial charge is 0.321 e. The summed E-state index contributed by atoms with van der Waals surface area (Å²) in [6.07, 6.45) is 0. The van der Waals surface area contributed by atoms with Crippen LogP contribution >= 0.6 is 11.3 Å². The van der Waals surface area contributed by atoms with Crippen molar-refractivity contribution in [3.8, 4) is 11.3 Å². The molecule has 1 amide bonds. The van der Waals surface area contributed by atoms with E-state index in [2.05, 4.69) is 36.1 Å². The van der Waals surface area contributed by atoms with Crippen LogP contribution in [0.5, 0.6) is 0 Å². The molecule has 0 aliphatic carbocycles. The number of aromatic amines is 1. The van der Waals surface area contributed by atoms with Gasteiger partial charge in [0.05, 0.1) is 5.69 Å². The van der Waals surface area contributed by atoms with Gasteiger partial charge in [0.2, 0.25) is 0 Å². The predicted octanol–water partition coefficient (Wildman–Crippen LogP) is 4.05. The van der Waals surface area contributed by atoms with Gasteiger partial charge in [0.15, 0.2) is 5.13 Å². The Bertz CT molecular complexity index is 953. The molecule has 25 heavy (non-hydrogen) atoms. The Morgan fingerprint density at radius 3 is 2.44 bits per heavy atom. The van der Waals surface area contributed by atoms with Crippen LogP contribution < -0.4 is 10.9 Å². The van der Waals surface area contributed by atoms with Crippen molar-refractivity contribution in [1.82, 2.24) is 9.97 Å². The van der Waals surface area contributed by atoms with Crippen molar-refractivity contribution >= 4 is 22.4 Å². The standard InChI is InChI=1S/C19H19N3O2S/c1-19(2,3)15-11-25-18(21-15)22-17(24)13-9-10-14(20-16(13)23)12-7-5-4-6-8-12/h4-11H,1-3H3,(H,20,23)(H,21,22,24). The molecule has 0 fully saturated rings. The van der Waals surface area contributed by atoms with Crippen LogP contribution in [-0.4, -0.2) is 15.9 Å². The molecule has 2 N–H and O–H groups in total. The Morgan fingerprint density at radius 2 is 1.84 bits per heavy atom. The Balaban J connectivity index is 1.81. The highest BCUT2D eigenvalue weighted by molar-refractivity contribution is 7.14. The summed E-state index contributed by atoms with van der Waals surface area (Å²) in [6.45, 7) is 6.17. The van der Waals surface area contributed by atoms with E-state index in [0.717, 1.165) is 11.3 Å². The second-order valence-corrected chi connectivity index (χ2v) is 7.58. The van der Waals surface area contributed by atoms with Crippen LogP contribution in [0.1, 0.15) is 36.8 Å². The van der Waals surface area contributed by atoms with Gasteiger partial charge in [-0.3, -0.25) is 14.9 Å². The fourth-order valence-electron chi connectivity index (χ4n) is 2.28. The predicted molar refractivity (Wildman–Crippen MR) is 101 cm³/mol. The van der Waals surface area contributed by atoms with E-state index in [9.17, 15) is 9.59 Å². The molecule has 0 atom stereocenters. The van der Waals surface area contributed by atoms with Crippen molar-refractivity contribution in [3.63, 3.8) is 0 Å². The van der Waals surface area contributed by atoms with E-state index in [-0.39, 0.29) is 11.0 Å². The molecular formula is C19H19N3O2S. The average Bonchev–Trinajstić information content (AvgIpc) is 3.04. The maximum absolute atomic E-state index is 12.4. The second-order valence-electron chi connectivity index (χ2n) is 6.72. The molecule has 128 valence electrons. The summed E-state index contributed by atoms with van der Waals surface area (Å²) in [5, 5.41) is 5.10. The molecule has 0 bridgehead atoms. The minimum Gasteiger partial charge on any atom is -0.321 e. The number of nitrogens with one attached hydrogen (secondary N) is 2. The van der Waals surface area contributed by atoms with Crippen LogP contribution in [-0.2, 0) is 5.41 Å². The number of carbonyl (C=O) groups is 1. The summed E-state index contributed by atoms with van der Waals surface area (Å²) >= 11 is 1.35. The molecule has 3 rings (SSSR count). The third kappa shape index (κ3) is 3.85. The van der Waals surface area contributed by atoms with Gasteiger partial charge in [0.25, 0.3) is 11.5 Å². The van der Waals surface area contributed by atoms with Gasteiger partial charge in [-0.2, -0.15) is 0 Å². The van der Waals surface area contributed by atoms with Gasteiger partial charge < -0.3 is 4.98 Å². The lowest BCUT2D eigenvalue weighted by Gasteiger charge is -2.14. The minimum atomic E-state index is -0.462. The molecule has 3 aromatic rings. The fraction of sp³-hybridized carbons (Fsp3) is 0.211. The van der Waals surface area contributed by atoms with E-state index >= 15 is 0 Å². The Hall–Kier alpha value is -2.73. The highest BCUT2D eigenvalue weighted by Gasteiger charge is 2.19. The summed E-state index contributed by atoms with van der Waals surface area (Å²) in [5.41, 5.74) is 2.02. The first-order valence-corrected chi connectivity index (χ1v) is 8.78. The number of thiazole rings is 1. The zero-order valence-electron chi connectivity index (χ0n) is 14.3. The highest BCUT2D eigenvalue weighted by Crippen LogP contribution is 2.26. The number of benzene rings is 1. The average molecular weight is 353 g/mol. The van der Waals surface area contributed by atoms with E-state index in [0.29, 0.717) is 10.8 Å². The molecule has 0 aliphatic heterocycles. The molecule has 6 heteroatoms. The lowest BCUT2D eigenvalue weighted by Crippen LogP contribution is -2.23. The molecule has 0 radical (unpaired) electrons. The molecule has 2 aromatic heterocycles. The van der Waals surface area contributed by atoms with E-state index in [4.69, 9.17) is 0 Å². The van der Waals surface area contributed by atoms with Gasteiger partial charge in [-0.1, -0.05) is 51.1 Å². The summed E-state index contributed by atoms with van der Waals surface area (Å²) < 4.78 is 0. The molecule has 0 spiro atoms. The third-order valence-electron chi connectivity index (χ3n) is 3.73. The van der Waals surface area contributed by atoms with Crippen molar-refractivity contribution in [2.75, 3.05) is 5.32 Å². The van der Waals surface area contributed by atoms with E-state index < -0.39 is 11.5 Å². The molecular weight excluding hydrogens is 334 g/mol. The summed E-state index contributed by atoms with van der Waals surface area (Å²) in [6, 6.07) is 12.8. The second kappa shape index (κ2) is 6.64. The van der Waals surface area contributed by atoms with Crippen LogP contribution in [0.4, 0.5) is 5.13 Å². The summed E-state index contributed by atoms with van der Waals surface area (Å²) in [7, 11) is 0. The number of H-pyrrole nitrogens is 1. The Morgan fingerprint density at radius 1 is 1.12 bits per heavy atom. The van der Waals surface area contributed by atoms with Gasteiger partial charge in [-0.25, -0.2) is 4.98 Å². The number of pyridine rings is 1. The van der Waals surface area contributed by atoms with Crippen molar-refractivity contribution < 1.29 is 4.79 Å². The highest BCUT2D eigenvalue weighted by atomic mass is 32.1. The Labute approximate surface area is 149 Å². The maximum atomic E-state index is 12.4. The summed E-state index contributed by atoms with van der Waals surface area (Å²) in [4.78, 5) is 31.8. The number of hydrogen-bond donors (Lipinski definition) is 2. The van der Waals surface area contributed by atoms with Crippen molar-refractivity contribution in [1.29, 1.82) is 0 Å². The van der Waals surface area contributed by atoms with Crippen LogP contribution in [0, 0.1) is 0 Å². The van der Waals surface area contributed by atoms with E-state index in [1.54, 1.807) is 6.07 Å². The molecule has 0 saturated carbocycles. The van der Waals surface area contributed by atoms with Gasteiger partial charge >= 0.3 is 0 Å². The third-order valence-corrected chi connectivity index (χ3v) is 4.49. The van der Waals surface area contributed by atoms with Gasteiger partial charge in [-0.15, -0.1) is 11.3 Å². The number of aromatic nitrogens is 2. The maximum Gasteiger partial charge on any atom is 0.263 e. The zero-order valence-corrected chi connectivity index (χ0v) is 15.1. The topological polar surface area (TPSA) is 74.8 Å². The normalized spacial score (nSPS) is 11.3. The van der Waals surface area contributed by atoms with Crippen LogP contribution in [0.3, 0.4) is 0 Å². The van der Waals surface area contributed by atoms with Crippen molar-refractivity contribution in [2.24, 2.45) is 0 Å². The van der Waals surface area contributed by atoms with E-state index in [1.165, 1.54) is 17.4 Å². The number of anilines is 1. The first-order valence-electron chi connectivity index (χ1n) is 7.91. The molecule has 5 nitrogen and oxygen atoms in total. The number of nitrogens with zero attached hydrogens (tertiary/aromatic N) is 1. The molecule has 2 heterocycles. The molecule has 1 aromatic carbocycles. The van der Waals surface area contributed by atoms with Gasteiger partial charge in [0.1, 0.15) is 5.56 Å². The quantitative estimate of drug-likeness (QED) is 0.746.